The molecule has 0 fully saturated rings. The molecule has 0 spiro atoms. The number of rotatable bonds is 1. The van der Waals surface area contributed by atoms with Crippen LogP contribution < -0.4 is 10.5 Å². The molecule has 5 nitrogen and oxygen atoms in total. The number of benzene rings is 1. The molecule has 1 atom stereocenters. The van der Waals surface area contributed by atoms with Crippen molar-refractivity contribution < 1.29 is 4.74 Å². The van der Waals surface area contributed by atoms with Crippen LogP contribution in [0.4, 0.5) is 5.82 Å². The van der Waals surface area contributed by atoms with Crippen molar-refractivity contribution in [2.24, 2.45) is 0 Å². The number of fused-ring (bicyclic) bond motifs is 2. The van der Waals surface area contributed by atoms with Gasteiger partial charge in [-0.3, -0.25) is 0 Å². The summed E-state index contributed by atoms with van der Waals surface area (Å²) in [7, 11) is 0. The Morgan fingerprint density at radius 2 is 2.05 bits per heavy atom. The maximum Gasteiger partial charge on any atom is 0.179 e. The maximum atomic E-state index is 5.68. The second-order valence-electron chi connectivity index (χ2n) is 4.63. The van der Waals surface area contributed by atoms with Crippen molar-refractivity contribution in [1.29, 1.82) is 0 Å². The zero-order chi connectivity index (χ0) is 12.8. The Balaban J connectivity index is 1.83. The number of aromatic nitrogens is 3. The van der Waals surface area contributed by atoms with Crippen LogP contribution >= 0.6 is 0 Å². The van der Waals surface area contributed by atoms with Crippen LogP contribution in [0.2, 0.25) is 0 Å². The number of hydrogen-bond donors (Lipinski definition) is 2. The maximum absolute atomic E-state index is 5.68. The number of ether oxygens (including phenoxy) is 1. The number of aromatic amines is 1. The highest BCUT2D eigenvalue weighted by atomic mass is 16.5. The Bertz CT molecular complexity index is 765. The van der Waals surface area contributed by atoms with E-state index in [0.717, 1.165) is 22.7 Å². The lowest BCUT2D eigenvalue weighted by molar-refractivity contribution is 0.340. The van der Waals surface area contributed by atoms with Crippen LogP contribution in [0.1, 0.15) is 17.3 Å². The minimum atomic E-state index is 0.131. The number of nitrogens with one attached hydrogen (secondary N) is 1. The van der Waals surface area contributed by atoms with Gasteiger partial charge in [-0.1, -0.05) is 18.2 Å². The Labute approximate surface area is 109 Å². The van der Waals surface area contributed by atoms with Crippen molar-refractivity contribution in [1.82, 2.24) is 15.0 Å². The minimum absolute atomic E-state index is 0.131. The van der Waals surface area contributed by atoms with E-state index in [1.165, 1.54) is 0 Å². The van der Waals surface area contributed by atoms with E-state index >= 15 is 0 Å². The Kier molecular flexibility index (Phi) is 2.03. The molecule has 1 aliphatic rings. The lowest BCUT2D eigenvalue weighted by Crippen LogP contribution is -2.04. The van der Waals surface area contributed by atoms with Crippen molar-refractivity contribution in [3.05, 3.63) is 47.8 Å². The molecule has 0 amide bonds. The van der Waals surface area contributed by atoms with E-state index in [1.807, 2.05) is 24.3 Å². The second kappa shape index (κ2) is 3.71. The fourth-order valence-corrected chi connectivity index (χ4v) is 2.48. The van der Waals surface area contributed by atoms with E-state index in [4.69, 9.17) is 10.5 Å². The Morgan fingerprint density at radius 1 is 1.16 bits per heavy atom. The average Bonchev–Trinajstić information content (AvgIpc) is 3.00. The molecule has 19 heavy (non-hydrogen) atoms. The number of hydrogen-bond acceptors (Lipinski definition) is 4. The normalized spacial score (nSPS) is 17.4. The van der Waals surface area contributed by atoms with Gasteiger partial charge in [-0.05, 0) is 18.2 Å². The summed E-state index contributed by atoms with van der Waals surface area (Å²) in [5.41, 5.74) is 8.38. The topological polar surface area (TPSA) is 76.8 Å². The predicted octanol–water partition coefficient (Wildman–Crippen LogP) is 2.06. The molecule has 0 bridgehead atoms. The van der Waals surface area contributed by atoms with E-state index in [1.54, 1.807) is 6.07 Å². The quantitative estimate of drug-likeness (QED) is 0.695. The third kappa shape index (κ3) is 1.55. The number of imidazole rings is 1. The summed E-state index contributed by atoms with van der Waals surface area (Å²) >= 11 is 0. The highest BCUT2D eigenvalue weighted by Gasteiger charge is 2.27. The van der Waals surface area contributed by atoms with Gasteiger partial charge in [0.2, 0.25) is 0 Å². The van der Waals surface area contributed by atoms with Crippen LogP contribution in [-0.4, -0.2) is 21.6 Å². The summed E-state index contributed by atoms with van der Waals surface area (Å²) in [6.45, 7) is 0.606. The fraction of sp³-hybridized carbons (Fsp3) is 0.143. The highest BCUT2D eigenvalue weighted by Crippen LogP contribution is 2.37. The number of para-hydroxylation sites is 1. The molecular weight excluding hydrogens is 240 g/mol. The average molecular weight is 252 g/mol. The third-order valence-electron chi connectivity index (χ3n) is 3.42. The number of nitrogen functional groups attached to an aromatic ring is 1. The van der Waals surface area contributed by atoms with E-state index in [0.29, 0.717) is 18.1 Å². The van der Waals surface area contributed by atoms with Gasteiger partial charge in [-0.25, -0.2) is 9.97 Å². The molecule has 94 valence electrons. The molecule has 0 radical (unpaired) electrons. The zero-order valence-electron chi connectivity index (χ0n) is 10.1. The predicted molar refractivity (Wildman–Crippen MR) is 72.1 cm³/mol. The first kappa shape index (κ1) is 10.4. The van der Waals surface area contributed by atoms with Gasteiger partial charge in [0.15, 0.2) is 5.65 Å². The van der Waals surface area contributed by atoms with Crippen LogP contribution in [0.3, 0.4) is 0 Å². The third-order valence-corrected chi connectivity index (χ3v) is 3.42. The number of anilines is 1. The molecule has 0 saturated carbocycles. The van der Waals surface area contributed by atoms with Crippen molar-refractivity contribution in [3.63, 3.8) is 0 Å². The number of pyridine rings is 1. The van der Waals surface area contributed by atoms with Crippen LogP contribution in [-0.2, 0) is 0 Å². The highest BCUT2D eigenvalue weighted by molar-refractivity contribution is 5.72. The Hall–Kier alpha value is -2.56. The van der Waals surface area contributed by atoms with Gasteiger partial charge < -0.3 is 15.5 Å². The van der Waals surface area contributed by atoms with Crippen LogP contribution in [0, 0.1) is 0 Å². The van der Waals surface area contributed by atoms with Crippen molar-refractivity contribution in [2.45, 2.75) is 5.92 Å². The second-order valence-corrected chi connectivity index (χ2v) is 4.63. The summed E-state index contributed by atoms with van der Waals surface area (Å²) in [4.78, 5) is 12.0. The first-order valence-electron chi connectivity index (χ1n) is 6.15. The van der Waals surface area contributed by atoms with Gasteiger partial charge in [-0.15, -0.1) is 0 Å². The van der Waals surface area contributed by atoms with Crippen LogP contribution in [0.15, 0.2) is 36.4 Å². The smallest absolute Gasteiger partial charge is 0.179 e. The van der Waals surface area contributed by atoms with Crippen molar-refractivity contribution in [2.75, 3.05) is 12.3 Å². The zero-order valence-corrected chi connectivity index (χ0v) is 10.1. The molecule has 2 aromatic heterocycles. The molecule has 0 saturated heterocycles. The minimum Gasteiger partial charge on any atom is -0.492 e. The van der Waals surface area contributed by atoms with Crippen molar-refractivity contribution in [3.8, 4) is 5.75 Å². The fourth-order valence-electron chi connectivity index (χ4n) is 2.48. The number of nitrogens with two attached hydrogens (primary N) is 1. The first-order chi connectivity index (χ1) is 9.31. The lowest BCUT2D eigenvalue weighted by Gasteiger charge is -2.03. The summed E-state index contributed by atoms with van der Waals surface area (Å²) in [6.07, 6.45) is 0. The van der Waals surface area contributed by atoms with Gasteiger partial charge in [0.25, 0.3) is 0 Å². The molecule has 5 heteroatoms. The van der Waals surface area contributed by atoms with Crippen LogP contribution in [0.5, 0.6) is 5.75 Å². The van der Waals surface area contributed by atoms with E-state index in [2.05, 4.69) is 21.0 Å². The number of H-pyrrole nitrogens is 1. The number of nitrogens with zero attached hydrogens (tertiary/aromatic N) is 2. The van der Waals surface area contributed by atoms with Gasteiger partial charge in [-0.2, -0.15) is 0 Å². The van der Waals surface area contributed by atoms with Gasteiger partial charge in [0.1, 0.15) is 24.0 Å². The molecular formula is C14H12N4O. The largest absolute Gasteiger partial charge is 0.492 e. The summed E-state index contributed by atoms with van der Waals surface area (Å²) < 4.78 is 5.68. The standard InChI is InChI=1S/C14H12N4O/c15-12-6-5-10-14(17-12)18-13(16-10)9-7-19-11-4-2-1-3-8(9)11/h1-6,9H,7H2,(H3,15,16,17,18). The Morgan fingerprint density at radius 3 is 3.00 bits per heavy atom. The summed E-state index contributed by atoms with van der Waals surface area (Å²) in [5, 5.41) is 0. The van der Waals surface area contributed by atoms with Gasteiger partial charge in [0.05, 0.1) is 11.4 Å². The first-order valence-corrected chi connectivity index (χ1v) is 6.15. The monoisotopic (exact) mass is 252 g/mol. The molecule has 3 aromatic rings. The van der Waals surface area contributed by atoms with E-state index in [-0.39, 0.29) is 5.92 Å². The lowest BCUT2D eigenvalue weighted by atomic mass is 10.0. The molecule has 3 N–H and O–H groups in total. The van der Waals surface area contributed by atoms with E-state index in [9.17, 15) is 0 Å². The van der Waals surface area contributed by atoms with E-state index < -0.39 is 0 Å². The summed E-state index contributed by atoms with van der Waals surface area (Å²) in [5.74, 6) is 2.42. The molecule has 4 rings (SSSR count). The SMILES string of the molecule is Nc1ccc2[nH]c(C3COc4ccccc43)nc2n1. The van der Waals surface area contributed by atoms with Crippen molar-refractivity contribution >= 4 is 17.0 Å². The summed E-state index contributed by atoms with van der Waals surface area (Å²) in [6, 6.07) is 11.7. The molecule has 1 unspecified atom stereocenters. The molecule has 0 aliphatic carbocycles. The molecule has 1 aromatic carbocycles. The van der Waals surface area contributed by atoms with Crippen LogP contribution in [0.25, 0.3) is 11.2 Å². The van der Waals surface area contributed by atoms with Gasteiger partial charge >= 0.3 is 0 Å². The van der Waals surface area contributed by atoms with Gasteiger partial charge in [0, 0.05) is 5.56 Å². The molecule has 1 aliphatic heterocycles. The molecule has 3 heterocycles.